The van der Waals surface area contributed by atoms with Crippen LogP contribution in [-0.2, 0) is 18.4 Å². The lowest BCUT2D eigenvalue weighted by Gasteiger charge is -2.24. The molecule has 1 aromatic rings. The number of carbonyl (C=O) groups excluding carboxylic acids is 1. The topological polar surface area (TPSA) is 41.4 Å². The summed E-state index contributed by atoms with van der Waals surface area (Å²) in [5.41, 5.74) is 0. The first-order valence-corrected chi connectivity index (χ1v) is 8.40. The average molecular weight is 296 g/mol. The third-order valence-electron chi connectivity index (χ3n) is 3.89. The van der Waals surface area contributed by atoms with Crippen molar-refractivity contribution in [3.63, 3.8) is 0 Å². The molecule has 1 aromatic heterocycles. The van der Waals surface area contributed by atoms with Crippen LogP contribution in [0.15, 0.2) is 12.4 Å². The Labute approximate surface area is 125 Å². The fourth-order valence-electron chi connectivity index (χ4n) is 2.46. The highest BCUT2D eigenvalue weighted by Crippen LogP contribution is 2.13. The molecule has 1 fully saturated rings. The van der Waals surface area contributed by atoms with Crippen LogP contribution in [0.4, 0.5) is 0 Å². The Hall–Kier alpha value is -1.01. The fraction of sp³-hybridized carbons (Fsp3) is 0.714. The molecule has 0 radical (unpaired) electrons. The third-order valence-corrected chi connectivity index (χ3v) is 4.80. The number of aromatic nitrogens is 2. The van der Waals surface area contributed by atoms with Gasteiger partial charge in [0, 0.05) is 45.6 Å². The van der Waals surface area contributed by atoms with E-state index < -0.39 is 0 Å². The van der Waals surface area contributed by atoms with E-state index in [0.29, 0.717) is 0 Å². The van der Waals surface area contributed by atoms with Gasteiger partial charge in [-0.3, -0.25) is 9.69 Å². The van der Waals surface area contributed by atoms with Crippen molar-refractivity contribution in [2.75, 3.05) is 32.4 Å². The van der Waals surface area contributed by atoms with Crippen molar-refractivity contribution in [3.05, 3.63) is 18.2 Å². The van der Waals surface area contributed by atoms with Crippen LogP contribution in [0.5, 0.6) is 0 Å². The number of hydrogen-bond donors (Lipinski definition) is 0. The predicted molar refractivity (Wildman–Crippen MR) is 82.7 cm³/mol. The van der Waals surface area contributed by atoms with E-state index in [1.165, 1.54) is 0 Å². The predicted octanol–water partition coefficient (Wildman–Crippen LogP) is 1.21. The molecule has 1 aliphatic rings. The molecule has 0 bridgehead atoms. The summed E-state index contributed by atoms with van der Waals surface area (Å²) < 4.78 is 2.06. The Kier molecular flexibility index (Phi) is 5.48. The first-order valence-electron chi connectivity index (χ1n) is 7.12. The molecule has 0 saturated carbocycles. The van der Waals surface area contributed by atoms with Crippen molar-refractivity contribution in [1.29, 1.82) is 0 Å². The number of rotatable bonds is 4. The van der Waals surface area contributed by atoms with Crippen LogP contribution >= 0.6 is 11.8 Å². The zero-order valence-electron chi connectivity index (χ0n) is 12.6. The molecule has 0 aromatic carbocycles. The minimum absolute atomic E-state index is 0.0658. The van der Waals surface area contributed by atoms with E-state index in [-0.39, 0.29) is 11.2 Å². The van der Waals surface area contributed by atoms with Gasteiger partial charge >= 0.3 is 0 Å². The van der Waals surface area contributed by atoms with Crippen molar-refractivity contribution < 1.29 is 4.79 Å². The monoisotopic (exact) mass is 296 g/mol. The summed E-state index contributed by atoms with van der Waals surface area (Å²) in [5, 5.41) is 0.0658. The van der Waals surface area contributed by atoms with Crippen molar-refractivity contribution in [2.45, 2.75) is 25.1 Å². The SMILES string of the molecule is CSC(C)C(=O)N1CCCN(Cc2nccn2C)CC1. The maximum absolute atomic E-state index is 12.2. The van der Waals surface area contributed by atoms with Gasteiger partial charge in [-0.25, -0.2) is 4.98 Å². The van der Waals surface area contributed by atoms with Gasteiger partial charge in [-0.15, -0.1) is 0 Å². The van der Waals surface area contributed by atoms with E-state index in [9.17, 15) is 4.79 Å². The lowest BCUT2D eigenvalue weighted by Crippen LogP contribution is -2.39. The van der Waals surface area contributed by atoms with Gasteiger partial charge in [-0.1, -0.05) is 0 Å². The van der Waals surface area contributed by atoms with Crippen molar-refractivity contribution in [2.24, 2.45) is 7.05 Å². The first kappa shape index (κ1) is 15.4. The van der Waals surface area contributed by atoms with Crippen LogP contribution in [-0.4, -0.2) is 62.9 Å². The molecule has 0 spiro atoms. The zero-order chi connectivity index (χ0) is 14.5. The maximum Gasteiger partial charge on any atom is 0.235 e. The minimum Gasteiger partial charge on any atom is -0.340 e. The van der Waals surface area contributed by atoms with Gasteiger partial charge in [-0.05, 0) is 19.6 Å². The van der Waals surface area contributed by atoms with Crippen LogP contribution in [0.25, 0.3) is 0 Å². The highest BCUT2D eigenvalue weighted by molar-refractivity contribution is 7.99. The quantitative estimate of drug-likeness (QED) is 0.837. The molecule has 1 atom stereocenters. The van der Waals surface area contributed by atoms with E-state index in [2.05, 4.69) is 14.5 Å². The molecule has 20 heavy (non-hydrogen) atoms. The van der Waals surface area contributed by atoms with Crippen molar-refractivity contribution in [1.82, 2.24) is 19.4 Å². The summed E-state index contributed by atoms with van der Waals surface area (Å²) in [7, 11) is 2.02. The van der Waals surface area contributed by atoms with Gasteiger partial charge in [0.1, 0.15) is 5.82 Å². The van der Waals surface area contributed by atoms with Crippen LogP contribution in [0, 0.1) is 0 Å². The first-order chi connectivity index (χ1) is 9.61. The lowest BCUT2D eigenvalue weighted by molar-refractivity contribution is -0.130. The number of nitrogens with zero attached hydrogens (tertiary/aromatic N) is 4. The number of imidazole rings is 1. The van der Waals surface area contributed by atoms with Crippen LogP contribution in [0.1, 0.15) is 19.2 Å². The average Bonchev–Trinajstić information content (AvgIpc) is 2.72. The molecular formula is C14H24N4OS. The van der Waals surface area contributed by atoms with Crippen LogP contribution < -0.4 is 0 Å². The van der Waals surface area contributed by atoms with Gasteiger partial charge in [0.25, 0.3) is 0 Å². The fourth-order valence-corrected chi connectivity index (χ4v) is 2.81. The molecule has 1 saturated heterocycles. The summed E-state index contributed by atoms with van der Waals surface area (Å²) >= 11 is 1.62. The van der Waals surface area contributed by atoms with Gasteiger partial charge < -0.3 is 9.47 Å². The number of hydrogen-bond acceptors (Lipinski definition) is 4. The van der Waals surface area contributed by atoms with Crippen LogP contribution in [0.2, 0.25) is 0 Å². The Morgan fingerprint density at radius 3 is 2.85 bits per heavy atom. The number of thioether (sulfide) groups is 1. The zero-order valence-corrected chi connectivity index (χ0v) is 13.4. The standard InChI is InChI=1S/C14H24N4OS/c1-12(20-3)14(19)18-7-4-6-17(9-10-18)11-13-15-5-8-16(13)2/h5,8,12H,4,6-7,9-11H2,1-3H3. The number of carbonyl (C=O) groups is 1. The van der Waals surface area contributed by atoms with E-state index in [1.54, 1.807) is 11.8 Å². The van der Waals surface area contributed by atoms with Crippen molar-refractivity contribution in [3.8, 4) is 0 Å². The second-order valence-electron chi connectivity index (χ2n) is 5.29. The normalized spacial score (nSPS) is 18.9. The molecular weight excluding hydrogens is 272 g/mol. The summed E-state index contributed by atoms with van der Waals surface area (Å²) in [6.07, 6.45) is 6.84. The molecule has 112 valence electrons. The van der Waals surface area contributed by atoms with Gasteiger partial charge in [-0.2, -0.15) is 11.8 Å². The van der Waals surface area contributed by atoms with Gasteiger partial charge in [0.2, 0.25) is 5.91 Å². The molecule has 1 aliphatic heterocycles. The molecule has 1 unspecified atom stereocenters. The van der Waals surface area contributed by atoms with Crippen LogP contribution in [0.3, 0.4) is 0 Å². The van der Waals surface area contributed by atoms with E-state index in [0.717, 1.165) is 45.0 Å². The molecule has 6 heteroatoms. The Morgan fingerprint density at radius 1 is 1.40 bits per heavy atom. The summed E-state index contributed by atoms with van der Waals surface area (Å²) in [6.45, 7) is 6.52. The third kappa shape index (κ3) is 3.76. The smallest absolute Gasteiger partial charge is 0.235 e. The highest BCUT2D eigenvalue weighted by Gasteiger charge is 2.23. The molecule has 1 amide bonds. The summed E-state index contributed by atoms with van der Waals surface area (Å²) in [6, 6.07) is 0. The van der Waals surface area contributed by atoms with Gasteiger partial charge in [0.15, 0.2) is 0 Å². The highest BCUT2D eigenvalue weighted by atomic mass is 32.2. The second-order valence-corrected chi connectivity index (χ2v) is 6.47. The minimum atomic E-state index is 0.0658. The summed E-state index contributed by atoms with van der Waals surface area (Å²) in [5.74, 6) is 1.36. The van der Waals surface area contributed by atoms with E-state index >= 15 is 0 Å². The lowest BCUT2D eigenvalue weighted by atomic mass is 10.3. The Bertz CT molecular complexity index is 448. The second kappa shape index (κ2) is 7.13. The largest absolute Gasteiger partial charge is 0.340 e. The molecule has 0 N–H and O–H groups in total. The van der Waals surface area contributed by atoms with Gasteiger partial charge in [0.05, 0.1) is 11.8 Å². The molecule has 0 aliphatic carbocycles. The van der Waals surface area contributed by atoms with E-state index in [4.69, 9.17) is 0 Å². The van der Waals surface area contributed by atoms with Crippen molar-refractivity contribution >= 4 is 17.7 Å². The Morgan fingerprint density at radius 2 is 2.20 bits per heavy atom. The van der Waals surface area contributed by atoms with E-state index in [1.807, 2.05) is 37.5 Å². The molecule has 5 nitrogen and oxygen atoms in total. The maximum atomic E-state index is 12.2. The number of aryl methyl sites for hydroxylation is 1. The Balaban J connectivity index is 1.89. The number of amides is 1. The molecule has 2 rings (SSSR count). The summed E-state index contributed by atoms with van der Waals surface area (Å²) in [4.78, 5) is 21.0. The molecule has 2 heterocycles.